The van der Waals surface area contributed by atoms with E-state index in [0.29, 0.717) is 5.41 Å². The highest BCUT2D eigenvalue weighted by molar-refractivity contribution is 5.85. The molecule has 4 saturated carbocycles. The standard InChI is InChI=1S/C20H30N4O.ClH/c1-24-11-16(8-23-24)17-9-21-10-18(17)19(25)22-12-20-5-13-2-14(6-20)4-15(3-13)7-20;/h8,11,13-15,17-18,21H,2-7,9-10,12H2,1H3,(H,22,25);1H/t13?,14?,15?,17-,18+,20?;/m1./s1. The van der Waals surface area contributed by atoms with Crippen LogP contribution < -0.4 is 10.6 Å². The maximum Gasteiger partial charge on any atom is 0.225 e. The Kier molecular flexibility index (Phi) is 4.81. The fourth-order valence-corrected chi connectivity index (χ4v) is 6.85. The minimum atomic E-state index is 0. The monoisotopic (exact) mass is 378 g/mol. The van der Waals surface area contributed by atoms with Crippen LogP contribution in [0.4, 0.5) is 0 Å². The molecule has 5 fully saturated rings. The molecule has 2 atom stereocenters. The molecule has 1 saturated heterocycles. The van der Waals surface area contributed by atoms with E-state index < -0.39 is 0 Å². The number of rotatable bonds is 4. The number of carbonyl (C=O) groups is 1. The van der Waals surface area contributed by atoms with Crippen LogP contribution in [0.1, 0.15) is 50.0 Å². The Morgan fingerprint density at radius 3 is 2.46 bits per heavy atom. The Bertz CT molecular complexity index is 637. The minimum absolute atomic E-state index is 0. The quantitative estimate of drug-likeness (QED) is 0.846. The van der Waals surface area contributed by atoms with Crippen LogP contribution in [0.15, 0.2) is 12.4 Å². The topological polar surface area (TPSA) is 59.0 Å². The van der Waals surface area contributed by atoms with Gasteiger partial charge in [0.15, 0.2) is 0 Å². The van der Waals surface area contributed by atoms with Crippen molar-refractivity contribution in [3.63, 3.8) is 0 Å². The molecule has 0 radical (unpaired) electrons. The van der Waals surface area contributed by atoms with Crippen LogP contribution in [0.2, 0.25) is 0 Å². The first-order chi connectivity index (χ1) is 12.1. The molecule has 5 aliphatic rings. The Hall–Kier alpha value is -1.07. The van der Waals surface area contributed by atoms with Crippen molar-refractivity contribution in [1.29, 1.82) is 0 Å². The highest BCUT2D eigenvalue weighted by Crippen LogP contribution is 2.59. The number of halogens is 1. The fraction of sp³-hybridized carbons (Fsp3) is 0.800. The first-order valence-electron chi connectivity index (χ1n) is 10.1. The van der Waals surface area contributed by atoms with E-state index in [2.05, 4.69) is 21.9 Å². The molecule has 2 heterocycles. The van der Waals surface area contributed by atoms with Gasteiger partial charge in [0.1, 0.15) is 0 Å². The normalized spacial score (nSPS) is 40.4. The molecule has 1 aliphatic heterocycles. The van der Waals surface area contributed by atoms with Gasteiger partial charge in [0.2, 0.25) is 5.91 Å². The summed E-state index contributed by atoms with van der Waals surface area (Å²) in [5.41, 5.74) is 1.60. The summed E-state index contributed by atoms with van der Waals surface area (Å²) >= 11 is 0. The maximum absolute atomic E-state index is 13.0. The van der Waals surface area contributed by atoms with Gasteiger partial charge in [-0.25, -0.2) is 0 Å². The third-order valence-electron chi connectivity index (χ3n) is 7.51. The van der Waals surface area contributed by atoms with Crippen LogP contribution in [0.5, 0.6) is 0 Å². The van der Waals surface area contributed by atoms with Gasteiger partial charge in [-0.3, -0.25) is 9.48 Å². The molecule has 4 bridgehead atoms. The average molecular weight is 379 g/mol. The molecule has 5 nitrogen and oxygen atoms in total. The number of aryl methyl sites for hydroxylation is 1. The molecule has 2 N–H and O–H groups in total. The van der Waals surface area contributed by atoms with Crippen molar-refractivity contribution in [2.24, 2.45) is 36.1 Å². The van der Waals surface area contributed by atoms with Gasteiger partial charge in [-0.1, -0.05) is 0 Å². The number of carbonyl (C=O) groups excluding carboxylic acids is 1. The number of nitrogens with one attached hydrogen (secondary N) is 2. The summed E-state index contributed by atoms with van der Waals surface area (Å²) in [6, 6.07) is 0. The number of nitrogens with zero attached hydrogens (tertiary/aromatic N) is 2. The van der Waals surface area contributed by atoms with Crippen molar-refractivity contribution >= 4 is 18.3 Å². The van der Waals surface area contributed by atoms with Crippen molar-refractivity contribution in [1.82, 2.24) is 20.4 Å². The zero-order valence-electron chi connectivity index (χ0n) is 15.6. The summed E-state index contributed by atoms with van der Waals surface area (Å²) in [7, 11) is 1.94. The molecule has 1 aromatic heterocycles. The predicted molar refractivity (Wildman–Crippen MR) is 103 cm³/mol. The van der Waals surface area contributed by atoms with Gasteiger partial charge in [0, 0.05) is 38.8 Å². The van der Waals surface area contributed by atoms with Crippen molar-refractivity contribution < 1.29 is 4.79 Å². The van der Waals surface area contributed by atoms with E-state index >= 15 is 0 Å². The molecular weight excluding hydrogens is 348 g/mol. The molecule has 1 aromatic rings. The van der Waals surface area contributed by atoms with Gasteiger partial charge in [0.05, 0.1) is 12.1 Å². The second-order valence-electron chi connectivity index (χ2n) is 9.45. The van der Waals surface area contributed by atoms with Crippen LogP contribution in [-0.4, -0.2) is 35.3 Å². The SMILES string of the molecule is Cl.Cn1cc([C@H]2CNC[C@@H]2C(=O)NCC23CC4CC(CC(C4)C2)C3)cn1. The number of hydrogen-bond acceptors (Lipinski definition) is 3. The molecule has 0 spiro atoms. The van der Waals surface area contributed by atoms with Crippen molar-refractivity contribution in [3.8, 4) is 0 Å². The Morgan fingerprint density at radius 2 is 1.88 bits per heavy atom. The van der Waals surface area contributed by atoms with Crippen molar-refractivity contribution in [2.45, 2.75) is 44.4 Å². The zero-order chi connectivity index (χ0) is 17.0. The minimum Gasteiger partial charge on any atom is -0.355 e. The van der Waals surface area contributed by atoms with Gasteiger partial charge in [-0.2, -0.15) is 5.10 Å². The predicted octanol–water partition coefficient (Wildman–Crippen LogP) is 2.48. The Balaban J connectivity index is 0.00000168. The fourth-order valence-electron chi connectivity index (χ4n) is 6.85. The lowest BCUT2D eigenvalue weighted by Crippen LogP contribution is -2.52. The summed E-state index contributed by atoms with van der Waals surface area (Å²) in [6.07, 6.45) is 12.4. The number of amides is 1. The van der Waals surface area contributed by atoms with E-state index in [0.717, 1.165) is 37.4 Å². The summed E-state index contributed by atoms with van der Waals surface area (Å²) in [5, 5.41) is 11.1. The zero-order valence-corrected chi connectivity index (χ0v) is 16.4. The van der Waals surface area contributed by atoms with Gasteiger partial charge < -0.3 is 10.6 Å². The van der Waals surface area contributed by atoms with Crippen LogP contribution >= 0.6 is 12.4 Å². The van der Waals surface area contributed by atoms with E-state index in [9.17, 15) is 4.79 Å². The van der Waals surface area contributed by atoms with E-state index in [-0.39, 0.29) is 30.2 Å². The lowest BCUT2D eigenvalue weighted by molar-refractivity contribution is -0.127. The van der Waals surface area contributed by atoms with Crippen LogP contribution in [0.25, 0.3) is 0 Å². The lowest BCUT2D eigenvalue weighted by Gasteiger charge is -2.57. The van der Waals surface area contributed by atoms with E-state index in [4.69, 9.17) is 0 Å². The third kappa shape index (κ3) is 3.18. The van der Waals surface area contributed by atoms with Crippen LogP contribution in [-0.2, 0) is 11.8 Å². The smallest absolute Gasteiger partial charge is 0.225 e. The summed E-state index contributed by atoms with van der Waals surface area (Å²) in [6.45, 7) is 2.57. The first-order valence-corrected chi connectivity index (χ1v) is 10.1. The first kappa shape index (κ1) is 18.3. The molecule has 6 heteroatoms. The van der Waals surface area contributed by atoms with Gasteiger partial charge in [-0.15, -0.1) is 12.4 Å². The Morgan fingerprint density at radius 1 is 1.23 bits per heavy atom. The van der Waals surface area contributed by atoms with Crippen LogP contribution in [0, 0.1) is 29.1 Å². The van der Waals surface area contributed by atoms with E-state index in [1.807, 2.05) is 17.9 Å². The number of hydrogen-bond donors (Lipinski definition) is 2. The molecule has 26 heavy (non-hydrogen) atoms. The maximum atomic E-state index is 13.0. The van der Waals surface area contributed by atoms with Crippen molar-refractivity contribution in [2.75, 3.05) is 19.6 Å². The molecule has 4 aliphatic carbocycles. The largest absolute Gasteiger partial charge is 0.355 e. The number of aromatic nitrogens is 2. The van der Waals surface area contributed by atoms with Gasteiger partial charge >= 0.3 is 0 Å². The van der Waals surface area contributed by atoms with Gasteiger partial charge in [-0.05, 0) is 67.3 Å². The average Bonchev–Trinajstić information content (AvgIpc) is 3.20. The Labute approximate surface area is 162 Å². The highest BCUT2D eigenvalue weighted by atomic mass is 35.5. The second-order valence-corrected chi connectivity index (χ2v) is 9.45. The van der Waals surface area contributed by atoms with Gasteiger partial charge in [0.25, 0.3) is 0 Å². The lowest BCUT2D eigenvalue weighted by atomic mass is 9.49. The van der Waals surface area contributed by atoms with Crippen molar-refractivity contribution in [3.05, 3.63) is 18.0 Å². The van der Waals surface area contributed by atoms with E-state index in [1.165, 1.54) is 44.1 Å². The summed E-state index contributed by atoms with van der Waals surface area (Å²) in [4.78, 5) is 13.0. The molecule has 6 rings (SSSR count). The molecule has 144 valence electrons. The third-order valence-corrected chi connectivity index (χ3v) is 7.51. The second kappa shape index (κ2) is 6.83. The highest BCUT2D eigenvalue weighted by Gasteiger charge is 2.51. The summed E-state index contributed by atoms with van der Waals surface area (Å²) in [5.74, 6) is 3.37. The molecule has 0 unspecified atom stereocenters. The van der Waals surface area contributed by atoms with Crippen LogP contribution in [0.3, 0.4) is 0 Å². The molecular formula is C20H31ClN4O. The summed E-state index contributed by atoms with van der Waals surface area (Å²) < 4.78 is 1.83. The molecule has 0 aromatic carbocycles. The molecule has 1 amide bonds. The van der Waals surface area contributed by atoms with E-state index in [1.54, 1.807) is 0 Å².